The third-order valence-electron chi connectivity index (χ3n) is 1.98. The molecule has 0 spiro atoms. The molecule has 12 heavy (non-hydrogen) atoms. The number of rotatable bonds is 2. The number of allylic oxidation sites excluding steroid dienone is 1. The SMILES string of the molecule is N#CC1CN1CN1C=CC=NC1. The zero-order chi connectivity index (χ0) is 8.39. The second kappa shape index (κ2) is 2.95. The molecule has 0 bridgehead atoms. The van der Waals surface area contributed by atoms with Crippen molar-refractivity contribution < 1.29 is 0 Å². The lowest BCUT2D eigenvalue weighted by Crippen LogP contribution is -2.26. The summed E-state index contributed by atoms with van der Waals surface area (Å²) in [5, 5.41) is 8.55. The Balaban J connectivity index is 1.79. The van der Waals surface area contributed by atoms with Gasteiger partial charge in [-0.15, -0.1) is 0 Å². The zero-order valence-electron chi connectivity index (χ0n) is 6.72. The number of aliphatic imine (C=N–C) groups is 1. The molecule has 4 nitrogen and oxygen atoms in total. The Labute approximate surface area is 71.4 Å². The molecule has 0 aromatic rings. The fourth-order valence-electron chi connectivity index (χ4n) is 1.20. The average molecular weight is 162 g/mol. The molecule has 2 rings (SSSR count). The average Bonchev–Trinajstić information content (AvgIpc) is 2.85. The lowest BCUT2D eigenvalue weighted by atomic mass is 10.5. The van der Waals surface area contributed by atoms with Crippen molar-refractivity contribution in [2.24, 2.45) is 4.99 Å². The summed E-state index contributed by atoms with van der Waals surface area (Å²) in [6, 6.07) is 2.36. The zero-order valence-corrected chi connectivity index (χ0v) is 6.72. The van der Waals surface area contributed by atoms with Crippen molar-refractivity contribution >= 4 is 6.21 Å². The molecule has 1 fully saturated rings. The first-order valence-corrected chi connectivity index (χ1v) is 3.94. The minimum atomic E-state index is 0.143. The Morgan fingerprint density at radius 1 is 1.67 bits per heavy atom. The summed E-state index contributed by atoms with van der Waals surface area (Å²) in [7, 11) is 0. The van der Waals surface area contributed by atoms with Gasteiger partial charge in [-0.3, -0.25) is 9.89 Å². The highest BCUT2D eigenvalue weighted by Crippen LogP contribution is 2.16. The molecule has 0 aromatic carbocycles. The van der Waals surface area contributed by atoms with Crippen LogP contribution in [0.2, 0.25) is 0 Å². The van der Waals surface area contributed by atoms with Crippen molar-refractivity contribution in [3.05, 3.63) is 12.3 Å². The van der Waals surface area contributed by atoms with Gasteiger partial charge in [-0.2, -0.15) is 5.26 Å². The van der Waals surface area contributed by atoms with E-state index in [0.29, 0.717) is 6.67 Å². The highest BCUT2D eigenvalue weighted by atomic mass is 15.4. The minimum Gasteiger partial charge on any atom is -0.345 e. The summed E-state index contributed by atoms with van der Waals surface area (Å²) in [5.74, 6) is 0. The normalized spacial score (nSPS) is 31.8. The molecular weight excluding hydrogens is 152 g/mol. The Morgan fingerprint density at radius 2 is 2.58 bits per heavy atom. The smallest absolute Gasteiger partial charge is 0.112 e. The van der Waals surface area contributed by atoms with Crippen molar-refractivity contribution in [2.75, 3.05) is 19.9 Å². The van der Waals surface area contributed by atoms with Gasteiger partial charge >= 0.3 is 0 Å². The van der Waals surface area contributed by atoms with E-state index in [2.05, 4.69) is 20.9 Å². The molecular formula is C8H10N4. The monoisotopic (exact) mass is 162 g/mol. The second-order valence-corrected chi connectivity index (χ2v) is 2.96. The first-order chi connectivity index (χ1) is 5.90. The van der Waals surface area contributed by atoms with E-state index >= 15 is 0 Å². The molecule has 2 heterocycles. The Bertz CT molecular complexity index is 263. The fourth-order valence-corrected chi connectivity index (χ4v) is 1.20. The third-order valence-corrected chi connectivity index (χ3v) is 1.98. The van der Waals surface area contributed by atoms with Crippen molar-refractivity contribution in [2.45, 2.75) is 6.04 Å². The van der Waals surface area contributed by atoms with Crippen molar-refractivity contribution in [3.8, 4) is 6.07 Å². The maximum atomic E-state index is 8.55. The summed E-state index contributed by atoms with van der Waals surface area (Å²) >= 11 is 0. The topological polar surface area (TPSA) is 42.4 Å². The standard InChI is InChI=1S/C8H10N4/c9-4-8-5-12(8)7-11-3-1-2-10-6-11/h1-3,8H,5-7H2. The van der Waals surface area contributed by atoms with Crippen molar-refractivity contribution in [1.29, 1.82) is 5.26 Å². The largest absolute Gasteiger partial charge is 0.345 e. The lowest BCUT2D eigenvalue weighted by molar-refractivity contribution is 0.288. The van der Waals surface area contributed by atoms with Gasteiger partial charge in [-0.05, 0) is 6.08 Å². The number of nitriles is 1. The van der Waals surface area contributed by atoms with Gasteiger partial charge in [0.15, 0.2) is 0 Å². The minimum absolute atomic E-state index is 0.143. The van der Waals surface area contributed by atoms with Crippen LogP contribution in [0.4, 0.5) is 0 Å². The Morgan fingerprint density at radius 3 is 3.17 bits per heavy atom. The summed E-state index contributed by atoms with van der Waals surface area (Å²) < 4.78 is 0. The lowest BCUT2D eigenvalue weighted by Gasteiger charge is -2.19. The Hall–Kier alpha value is -1.34. The van der Waals surface area contributed by atoms with Crippen LogP contribution in [0.15, 0.2) is 17.3 Å². The highest BCUT2D eigenvalue weighted by Gasteiger charge is 2.34. The molecule has 0 aliphatic carbocycles. The molecule has 2 unspecified atom stereocenters. The maximum Gasteiger partial charge on any atom is 0.112 e. The van der Waals surface area contributed by atoms with Crippen LogP contribution in [0.25, 0.3) is 0 Å². The maximum absolute atomic E-state index is 8.55. The molecule has 2 atom stereocenters. The van der Waals surface area contributed by atoms with Gasteiger partial charge in [0.25, 0.3) is 0 Å². The molecule has 1 saturated heterocycles. The van der Waals surface area contributed by atoms with Gasteiger partial charge in [0.2, 0.25) is 0 Å². The van der Waals surface area contributed by atoms with Crippen molar-refractivity contribution in [1.82, 2.24) is 9.80 Å². The van der Waals surface area contributed by atoms with E-state index in [1.165, 1.54) is 0 Å². The first-order valence-electron chi connectivity index (χ1n) is 3.94. The van der Waals surface area contributed by atoms with Crippen LogP contribution >= 0.6 is 0 Å². The number of hydrogen-bond donors (Lipinski definition) is 0. The van der Waals surface area contributed by atoms with E-state index in [9.17, 15) is 0 Å². The van der Waals surface area contributed by atoms with Gasteiger partial charge in [-0.25, -0.2) is 0 Å². The molecule has 0 amide bonds. The molecule has 2 aliphatic rings. The van der Waals surface area contributed by atoms with Gasteiger partial charge in [0, 0.05) is 19.0 Å². The van der Waals surface area contributed by atoms with Gasteiger partial charge in [0.05, 0.1) is 12.7 Å². The van der Waals surface area contributed by atoms with Crippen LogP contribution in [-0.4, -0.2) is 41.9 Å². The van der Waals surface area contributed by atoms with E-state index in [-0.39, 0.29) is 6.04 Å². The number of nitrogens with zero attached hydrogens (tertiary/aromatic N) is 4. The third kappa shape index (κ3) is 1.46. The Kier molecular flexibility index (Phi) is 1.80. The predicted molar refractivity (Wildman–Crippen MR) is 45.3 cm³/mol. The van der Waals surface area contributed by atoms with Gasteiger partial charge in [0.1, 0.15) is 12.7 Å². The predicted octanol–water partition coefficient (Wildman–Crippen LogP) is 0.00928. The van der Waals surface area contributed by atoms with Crippen LogP contribution in [0.1, 0.15) is 0 Å². The first kappa shape index (κ1) is 7.32. The van der Waals surface area contributed by atoms with E-state index in [1.807, 2.05) is 12.3 Å². The number of hydrogen-bond acceptors (Lipinski definition) is 4. The van der Waals surface area contributed by atoms with E-state index in [0.717, 1.165) is 13.2 Å². The molecule has 2 aliphatic heterocycles. The molecule has 62 valence electrons. The quantitative estimate of drug-likeness (QED) is 0.537. The summed E-state index contributed by atoms with van der Waals surface area (Å²) in [6.45, 7) is 2.45. The summed E-state index contributed by atoms with van der Waals surface area (Å²) in [6.07, 6.45) is 5.70. The van der Waals surface area contributed by atoms with E-state index < -0.39 is 0 Å². The fraction of sp³-hybridized carbons (Fsp3) is 0.500. The van der Waals surface area contributed by atoms with Gasteiger partial charge in [-0.1, -0.05) is 0 Å². The second-order valence-electron chi connectivity index (χ2n) is 2.96. The van der Waals surface area contributed by atoms with Crippen LogP contribution in [0.5, 0.6) is 0 Å². The van der Waals surface area contributed by atoms with Crippen LogP contribution in [0, 0.1) is 11.3 Å². The van der Waals surface area contributed by atoms with Crippen molar-refractivity contribution in [3.63, 3.8) is 0 Å². The molecule has 0 radical (unpaired) electrons. The summed E-state index contributed by atoms with van der Waals surface area (Å²) in [4.78, 5) is 8.28. The molecule has 0 aromatic heterocycles. The molecule has 4 heteroatoms. The van der Waals surface area contributed by atoms with Crippen LogP contribution < -0.4 is 0 Å². The highest BCUT2D eigenvalue weighted by molar-refractivity contribution is 5.71. The van der Waals surface area contributed by atoms with E-state index in [1.54, 1.807) is 6.21 Å². The van der Waals surface area contributed by atoms with Gasteiger partial charge < -0.3 is 4.90 Å². The molecule has 0 saturated carbocycles. The van der Waals surface area contributed by atoms with E-state index in [4.69, 9.17) is 5.26 Å². The van der Waals surface area contributed by atoms with Crippen LogP contribution in [-0.2, 0) is 0 Å². The molecule has 0 N–H and O–H groups in total. The van der Waals surface area contributed by atoms with Crippen LogP contribution in [0.3, 0.4) is 0 Å². The summed E-state index contributed by atoms with van der Waals surface area (Å²) in [5.41, 5.74) is 0.